The predicted octanol–water partition coefficient (Wildman–Crippen LogP) is 1.79. The molecule has 1 heterocycles. The molecule has 1 aliphatic carbocycles. The summed E-state index contributed by atoms with van der Waals surface area (Å²) in [5.74, 6) is 1.15. The van der Waals surface area contributed by atoms with Crippen molar-refractivity contribution in [1.29, 1.82) is 0 Å². The molecule has 18 heavy (non-hydrogen) atoms. The number of hydrogen-bond acceptors (Lipinski definition) is 4. The minimum atomic E-state index is -3.35. The Morgan fingerprint density at radius 2 is 2.22 bits per heavy atom. The Morgan fingerprint density at radius 3 is 2.83 bits per heavy atom. The fourth-order valence-corrected chi connectivity index (χ4v) is 4.61. The predicted molar refractivity (Wildman–Crippen MR) is 74.2 cm³/mol. The first-order chi connectivity index (χ1) is 8.54. The zero-order chi connectivity index (χ0) is 13.2. The van der Waals surface area contributed by atoms with Gasteiger partial charge in [0.2, 0.25) is 10.0 Å². The van der Waals surface area contributed by atoms with Gasteiger partial charge in [-0.15, -0.1) is 11.3 Å². The van der Waals surface area contributed by atoms with E-state index in [-0.39, 0.29) is 0 Å². The molecule has 2 N–H and O–H groups in total. The lowest BCUT2D eigenvalue weighted by atomic mass is 10.1. The normalized spacial score (nSPS) is 17.9. The zero-order valence-corrected chi connectivity index (χ0v) is 12.4. The van der Waals surface area contributed by atoms with E-state index in [0.29, 0.717) is 29.8 Å². The lowest BCUT2D eigenvalue weighted by Crippen LogP contribution is -2.29. The van der Waals surface area contributed by atoms with Crippen molar-refractivity contribution >= 4 is 21.4 Å². The summed E-state index contributed by atoms with van der Waals surface area (Å²) in [7, 11) is -1.53. The largest absolute Gasteiger partial charge is 0.315 e. The summed E-state index contributed by atoms with van der Waals surface area (Å²) in [6, 6.07) is 1.68. The summed E-state index contributed by atoms with van der Waals surface area (Å²) in [5, 5.41) is 4.82. The maximum atomic E-state index is 12.2. The molecule has 1 atom stereocenters. The molecule has 102 valence electrons. The van der Waals surface area contributed by atoms with E-state index in [0.717, 1.165) is 4.88 Å². The van der Waals surface area contributed by atoms with E-state index in [1.807, 2.05) is 12.4 Å². The molecule has 0 radical (unpaired) electrons. The lowest BCUT2D eigenvalue weighted by Gasteiger charge is -2.12. The molecular weight excluding hydrogens is 268 g/mol. The summed E-state index contributed by atoms with van der Waals surface area (Å²) < 4.78 is 27.1. The Bertz CT molecular complexity index is 492. The first kappa shape index (κ1) is 14.0. The van der Waals surface area contributed by atoms with Crippen LogP contribution < -0.4 is 10.0 Å². The Labute approximate surface area is 113 Å². The van der Waals surface area contributed by atoms with Gasteiger partial charge in [0.05, 0.1) is 4.90 Å². The third-order valence-electron chi connectivity index (χ3n) is 3.35. The molecular formula is C12H20N2O2S2. The average molecular weight is 288 g/mol. The maximum Gasteiger partial charge on any atom is 0.241 e. The van der Waals surface area contributed by atoms with Crippen molar-refractivity contribution in [2.24, 2.45) is 11.8 Å². The number of rotatable bonds is 7. The van der Waals surface area contributed by atoms with Crippen molar-refractivity contribution < 1.29 is 8.42 Å². The van der Waals surface area contributed by atoms with Gasteiger partial charge in [0.15, 0.2) is 0 Å². The third kappa shape index (κ3) is 3.32. The van der Waals surface area contributed by atoms with Crippen LogP contribution in [-0.4, -0.2) is 22.0 Å². The molecule has 1 saturated carbocycles. The molecule has 1 unspecified atom stereocenters. The molecule has 1 aromatic heterocycles. The fraction of sp³-hybridized carbons (Fsp3) is 0.667. The minimum Gasteiger partial charge on any atom is -0.315 e. The van der Waals surface area contributed by atoms with Gasteiger partial charge in [-0.25, -0.2) is 13.1 Å². The van der Waals surface area contributed by atoms with Crippen LogP contribution in [0.2, 0.25) is 0 Å². The summed E-state index contributed by atoms with van der Waals surface area (Å²) in [5.41, 5.74) is 0. The molecule has 0 aromatic carbocycles. The Balaban J connectivity index is 2.02. The summed E-state index contributed by atoms with van der Waals surface area (Å²) in [6.45, 7) is 3.25. The number of thiophene rings is 1. The van der Waals surface area contributed by atoms with E-state index >= 15 is 0 Å². The number of sulfonamides is 1. The molecule has 1 aliphatic rings. The van der Waals surface area contributed by atoms with Crippen LogP contribution in [0.15, 0.2) is 16.3 Å². The van der Waals surface area contributed by atoms with Crippen LogP contribution in [-0.2, 0) is 16.6 Å². The maximum absolute atomic E-state index is 12.2. The van der Waals surface area contributed by atoms with E-state index in [4.69, 9.17) is 0 Å². The average Bonchev–Trinajstić information content (AvgIpc) is 3.07. The first-order valence-corrected chi connectivity index (χ1v) is 8.61. The van der Waals surface area contributed by atoms with Gasteiger partial charge in [0.1, 0.15) is 0 Å². The first-order valence-electron chi connectivity index (χ1n) is 6.25. The second kappa shape index (κ2) is 5.69. The SMILES string of the molecule is CNCc1sccc1S(=O)(=O)NCC(C)C1CC1. The van der Waals surface area contributed by atoms with Gasteiger partial charge < -0.3 is 5.32 Å². The van der Waals surface area contributed by atoms with Crippen LogP contribution in [0.5, 0.6) is 0 Å². The minimum absolute atomic E-state index is 0.421. The number of hydrogen-bond donors (Lipinski definition) is 2. The highest BCUT2D eigenvalue weighted by molar-refractivity contribution is 7.89. The Morgan fingerprint density at radius 1 is 1.50 bits per heavy atom. The summed E-state index contributed by atoms with van der Waals surface area (Å²) >= 11 is 1.47. The summed E-state index contributed by atoms with van der Waals surface area (Å²) in [4.78, 5) is 1.29. The molecule has 2 rings (SSSR count). The van der Waals surface area contributed by atoms with Gasteiger partial charge in [-0.1, -0.05) is 6.92 Å². The molecule has 0 bridgehead atoms. The highest BCUT2D eigenvalue weighted by Crippen LogP contribution is 2.36. The van der Waals surface area contributed by atoms with Gasteiger partial charge in [-0.05, 0) is 43.2 Å². The molecule has 1 aromatic rings. The van der Waals surface area contributed by atoms with Gasteiger partial charge in [0.25, 0.3) is 0 Å². The van der Waals surface area contributed by atoms with Crippen LogP contribution in [0.3, 0.4) is 0 Å². The number of nitrogens with one attached hydrogen (secondary N) is 2. The molecule has 0 saturated heterocycles. The van der Waals surface area contributed by atoms with E-state index < -0.39 is 10.0 Å². The standard InChI is InChI=1S/C12H20N2O2S2/c1-9(10-3-4-10)7-14-18(15,16)12-5-6-17-11(12)8-13-2/h5-6,9-10,13-14H,3-4,7-8H2,1-2H3. The van der Waals surface area contributed by atoms with E-state index in [1.165, 1.54) is 24.2 Å². The van der Waals surface area contributed by atoms with Gasteiger partial charge >= 0.3 is 0 Å². The quantitative estimate of drug-likeness (QED) is 0.804. The topological polar surface area (TPSA) is 58.2 Å². The Kier molecular flexibility index (Phi) is 4.42. The van der Waals surface area contributed by atoms with Crippen LogP contribution in [0.25, 0.3) is 0 Å². The van der Waals surface area contributed by atoms with E-state index in [9.17, 15) is 8.42 Å². The lowest BCUT2D eigenvalue weighted by molar-refractivity contribution is 0.491. The third-order valence-corrected chi connectivity index (χ3v) is 5.91. The van der Waals surface area contributed by atoms with Gasteiger partial charge in [-0.3, -0.25) is 0 Å². The second-order valence-electron chi connectivity index (χ2n) is 4.90. The summed E-state index contributed by atoms with van der Waals surface area (Å²) in [6.07, 6.45) is 2.48. The van der Waals surface area contributed by atoms with Crippen LogP contribution in [0.4, 0.5) is 0 Å². The molecule has 6 heteroatoms. The zero-order valence-electron chi connectivity index (χ0n) is 10.8. The van der Waals surface area contributed by atoms with Crippen molar-refractivity contribution in [3.63, 3.8) is 0 Å². The molecule has 0 spiro atoms. The van der Waals surface area contributed by atoms with Crippen molar-refractivity contribution in [2.45, 2.75) is 31.2 Å². The van der Waals surface area contributed by atoms with Crippen molar-refractivity contribution in [3.8, 4) is 0 Å². The monoisotopic (exact) mass is 288 g/mol. The van der Waals surface area contributed by atoms with Crippen molar-refractivity contribution in [2.75, 3.05) is 13.6 Å². The van der Waals surface area contributed by atoms with Gasteiger partial charge in [-0.2, -0.15) is 0 Å². The van der Waals surface area contributed by atoms with E-state index in [2.05, 4.69) is 17.0 Å². The van der Waals surface area contributed by atoms with E-state index in [1.54, 1.807) is 6.07 Å². The fourth-order valence-electron chi connectivity index (χ4n) is 2.01. The van der Waals surface area contributed by atoms with Gasteiger partial charge in [0, 0.05) is 18.0 Å². The highest BCUT2D eigenvalue weighted by atomic mass is 32.2. The van der Waals surface area contributed by atoms with Crippen LogP contribution >= 0.6 is 11.3 Å². The smallest absolute Gasteiger partial charge is 0.241 e. The second-order valence-corrected chi connectivity index (χ2v) is 7.64. The Hall–Kier alpha value is -0.430. The van der Waals surface area contributed by atoms with Crippen molar-refractivity contribution in [1.82, 2.24) is 10.0 Å². The molecule has 1 fully saturated rings. The van der Waals surface area contributed by atoms with Crippen LogP contribution in [0, 0.1) is 11.8 Å². The van der Waals surface area contributed by atoms with Crippen molar-refractivity contribution in [3.05, 3.63) is 16.3 Å². The molecule has 0 aliphatic heterocycles. The highest BCUT2D eigenvalue weighted by Gasteiger charge is 2.29. The van der Waals surface area contributed by atoms with Crippen LogP contribution in [0.1, 0.15) is 24.6 Å². The molecule has 4 nitrogen and oxygen atoms in total. The molecule has 0 amide bonds.